The van der Waals surface area contributed by atoms with Crippen LogP contribution in [0, 0.1) is 6.92 Å². The van der Waals surface area contributed by atoms with E-state index in [1.807, 2.05) is 30.3 Å². The van der Waals surface area contributed by atoms with Gasteiger partial charge < -0.3 is 5.11 Å². The molecule has 3 heteroatoms. The topological polar surface area (TPSA) is 26.5 Å². The fourth-order valence-corrected chi connectivity index (χ4v) is 3.88. The van der Waals surface area contributed by atoms with Gasteiger partial charge in [0.2, 0.25) is 0 Å². The van der Waals surface area contributed by atoms with Gasteiger partial charge in [-0.1, -0.05) is 42.5 Å². The molecule has 0 bridgehead atoms. The lowest BCUT2D eigenvalue weighted by atomic mass is 10.0. The summed E-state index contributed by atoms with van der Waals surface area (Å²) in [7, 11) is 0. The van der Waals surface area contributed by atoms with Crippen molar-refractivity contribution in [2.24, 2.45) is 0 Å². The molecule has 2 aromatic carbocycles. The third kappa shape index (κ3) is 2.36. The van der Waals surface area contributed by atoms with Gasteiger partial charge in [-0.05, 0) is 37.5 Å². The van der Waals surface area contributed by atoms with Crippen LogP contribution in [0.15, 0.2) is 54.6 Å². The molecule has 0 spiro atoms. The van der Waals surface area contributed by atoms with Crippen LogP contribution in [0.5, 0.6) is 0 Å². The maximum absolute atomic E-state index is 11.5. The van der Waals surface area contributed by atoms with Crippen LogP contribution in [0.3, 0.4) is 0 Å². The Kier molecular flexibility index (Phi) is 3.46. The number of anilines is 1. The van der Waals surface area contributed by atoms with Gasteiger partial charge in [-0.3, -0.25) is 0 Å². The lowest BCUT2D eigenvalue weighted by Gasteiger charge is -2.24. The van der Waals surface area contributed by atoms with Crippen LogP contribution in [-0.4, -0.2) is 28.6 Å². The number of β-amino-alcohol motifs (C(OH)–C–C–N with tert-alkyl or cyclic N) is 1. The highest BCUT2D eigenvalue weighted by atomic mass is 16.3. The first-order valence-corrected chi connectivity index (χ1v) is 8.44. The van der Waals surface area contributed by atoms with Gasteiger partial charge in [0.1, 0.15) is 5.69 Å². The smallest absolute Gasteiger partial charge is 0.271 e. The van der Waals surface area contributed by atoms with Crippen LogP contribution >= 0.6 is 0 Å². The number of amidine groups is 1. The lowest BCUT2D eigenvalue weighted by molar-refractivity contribution is -0.661. The number of nitrogens with zero attached hydrogens (tertiary/aromatic N) is 2. The van der Waals surface area contributed by atoms with Gasteiger partial charge in [-0.15, -0.1) is 0 Å². The molecule has 0 saturated carbocycles. The average molecular weight is 307 g/mol. The van der Waals surface area contributed by atoms with Crippen molar-refractivity contribution in [1.29, 1.82) is 0 Å². The molecule has 1 N–H and O–H groups in total. The molecule has 0 aliphatic carbocycles. The van der Waals surface area contributed by atoms with E-state index in [-0.39, 0.29) is 0 Å². The second-order valence-electron chi connectivity index (χ2n) is 6.63. The Morgan fingerprint density at radius 1 is 1.04 bits per heavy atom. The van der Waals surface area contributed by atoms with Gasteiger partial charge in [0, 0.05) is 12.0 Å². The summed E-state index contributed by atoms with van der Waals surface area (Å²) in [5.41, 5.74) is 2.48. The fourth-order valence-electron chi connectivity index (χ4n) is 3.88. The zero-order valence-electron chi connectivity index (χ0n) is 13.6. The normalized spacial score (nSPS) is 24.0. The monoisotopic (exact) mass is 307 g/mol. The highest BCUT2D eigenvalue weighted by Crippen LogP contribution is 2.35. The molecule has 0 fully saturated rings. The van der Waals surface area contributed by atoms with E-state index < -0.39 is 5.72 Å². The van der Waals surface area contributed by atoms with Crippen molar-refractivity contribution in [2.75, 3.05) is 18.0 Å². The van der Waals surface area contributed by atoms with E-state index in [1.54, 1.807) is 0 Å². The minimum atomic E-state index is -0.930. The number of rotatable bonds is 2. The van der Waals surface area contributed by atoms with Crippen LogP contribution in [-0.2, 0) is 5.72 Å². The Morgan fingerprint density at radius 3 is 2.65 bits per heavy atom. The second-order valence-corrected chi connectivity index (χ2v) is 6.63. The molecule has 4 rings (SSSR count). The average Bonchev–Trinajstić information content (AvgIpc) is 2.91. The number of benzene rings is 2. The van der Waals surface area contributed by atoms with Gasteiger partial charge in [-0.2, -0.15) is 0 Å². The van der Waals surface area contributed by atoms with E-state index in [1.165, 1.54) is 23.5 Å². The maximum Gasteiger partial charge on any atom is 0.271 e. The van der Waals surface area contributed by atoms with Crippen LogP contribution < -0.4 is 4.90 Å². The largest absolute Gasteiger partial charge is 0.346 e. The molecule has 2 aromatic rings. The summed E-state index contributed by atoms with van der Waals surface area (Å²) in [5.74, 6) is 1.26. The molecule has 0 saturated heterocycles. The zero-order valence-corrected chi connectivity index (χ0v) is 13.6. The van der Waals surface area contributed by atoms with E-state index in [9.17, 15) is 5.11 Å². The third-order valence-electron chi connectivity index (χ3n) is 5.03. The van der Waals surface area contributed by atoms with Crippen molar-refractivity contribution in [3.05, 3.63) is 65.7 Å². The highest BCUT2D eigenvalue weighted by molar-refractivity contribution is 5.96. The summed E-state index contributed by atoms with van der Waals surface area (Å²) in [6.45, 7) is 3.63. The number of hydrogen-bond acceptors (Lipinski definition) is 2. The molecule has 23 heavy (non-hydrogen) atoms. The molecule has 118 valence electrons. The summed E-state index contributed by atoms with van der Waals surface area (Å²) in [6.07, 6.45) is 3.36. The molecule has 2 heterocycles. The molecule has 2 aliphatic heterocycles. The molecule has 0 aromatic heterocycles. The van der Waals surface area contributed by atoms with Gasteiger partial charge in [0.05, 0.1) is 6.54 Å². The van der Waals surface area contributed by atoms with Crippen molar-refractivity contribution in [2.45, 2.75) is 31.9 Å². The molecular formula is C20H23N2O+. The van der Waals surface area contributed by atoms with Crippen molar-refractivity contribution >= 4 is 11.5 Å². The van der Waals surface area contributed by atoms with Crippen LogP contribution in [0.25, 0.3) is 0 Å². The zero-order chi connectivity index (χ0) is 15.9. The first kappa shape index (κ1) is 14.5. The van der Waals surface area contributed by atoms with E-state index in [0.717, 1.165) is 24.9 Å². The Bertz CT molecular complexity index is 753. The summed E-state index contributed by atoms with van der Waals surface area (Å²) < 4.78 is 2.22. The first-order valence-electron chi connectivity index (χ1n) is 8.44. The van der Waals surface area contributed by atoms with Crippen molar-refractivity contribution in [1.82, 2.24) is 0 Å². The molecule has 1 atom stereocenters. The Morgan fingerprint density at radius 2 is 1.87 bits per heavy atom. The number of hydrogen-bond donors (Lipinski definition) is 1. The summed E-state index contributed by atoms with van der Waals surface area (Å²) >= 11 is 0. The first-order chi connectivity index (χ1) is 11.2. The van der Waals surface area contributed by atoms with Gasteiger partial charge >= 0.3 is 0 Å². The van der Waals surface area contributed by atoms with E-state index in [0.29, 0.717) is 6.54 Å². The summed E-state index contributed by atoms with van der Waals surface area (Å²) in [5, 5.41) is 11.5. The highest BCUT2D eigenvalue weighted by Gasteiger charge is 2.52. The predicted octanol–water partition coefficient (Wildman–Crippen LogP) is 3.26. The minimum absolute atomic E-state index is 0.593. The van der Waals surface area contributed by atoms with E-state index >= 15 is 0 Å². The van der Waals surface area contributed by atoms with Crippen molar-refractivity contribution in [3.63, 3.8) is 0 Å². The molecular weight excluding hydrogens is 284 g/mol. The predicted molar refractivity (Wildman–Crippen MR) is 92.8 cm³/mol. The Hall–Kier alpha value is -2.13. The van der Waals surface area contributed by atoms with Gasteiger partial charge in [0.15, 0.2) is 6.54 Å². The van der Waals surface area contributed by atoms with Crippen LogP contribution in [0.2, 0.25) is 0 Å². The number of aliphatic hydroxyl groups is 1. The maximum atomic E-state index is 11.5. The molecule has 0 radical (unpaired) electrons. The standard InChI is InChI=1S/C20H23N2O/c1-16-8-7-11-18(14-16)21-15-20(23,17-9-3-2-4-10-17)22-13-6-5-12-19(21)22/h2-4,7-11,14,23H,5-6,12-13,15H2,1H3/q+1/t20-/m0/s1. The Balaban J connectivity index is 1.81. The summed E-state index contributed by atoms with van der Waals surface area (Å²) in [6, 6.07) is 18.6. The molecule has 2 aliphatic rings. The Labute approximate surface area is 137 Å². The molecule has 0 unspecified atom stereocenters. The SMILES string of the molecule is Cc1cccc(N2C[C@](O)(c3ccccc3)[N+]3=C2CCCC3)c1. The van der Waals surface area contributed by atoms with Crippen molar-refractivity contribution in [3.8, 4) is 0 Å². The third-order valence-corrected chi connectivity index (χ3v) is 5.03. The lowest BCUT2D eigenvalue weighted by Crippen LogP contribution is -2.41. The fraction of sp³-hybridized carbons (Fsp3) is 0.350. The van der Waals surface area contributed by atoms with E-state index in [4.69, 9.17) is 0 Å². The van der Waals surface area contributed by atoms with E-state index in [2.05, 4.69) is 40.7 Å². The minimum Gasteiger partial charge on any atom is -0.346 e. The number of aryl methyl sites for hydroxylation is 1. The van der Waals surface area contributed by atoms with Crippen molar-refractivity contribution < 1.29 is 9.68 Å². The second kappa shape index (κ2) is 5.50. The molecule has 0 amide bonds. The van der Waals surface area contributed by atoms with Crippen LogP contribution in [0.4, 0.5) is 5.69 Å². The molecule has 3 nitrogen and oxygen atoms in total. The van der Waals surface area contributed by atoms with Gasteiger partial charge in [0.25, 0.3) is 11.6 Å². The summed E-state index contributed by atoms with van der Waals surface area (Å²) in [4.78, 5) is 2.30. The van der Waals surface area contributed by atoms with Crippen LogP contribution in [0.1, 0.15) is 30.4 Å². The quantitative estimate of drug-likeness (QED) is 0.862. The van der Waals surface area contributed by atoms with Gasteiger partial charge in [-0.25, -0.2) is 9.48 Å².